The molecule has 1 aliphatic rings. The van der Waals surface area contributed by atoms with Crippen LogP contribution in [0, 0.1) is 5.41 Å². The Hall–Kier alpha value is -2.36. The van der Waals surface area contributed by atoms with Crippen molar-refractivity contribution in [2.45, 2.75) is 33.1 Å². The Morgan fingerprint density at radius 3 is 2.95 bits per heavy atom. The molecule has 0 saturated carbocycles. The number of hydrogen-bond acceptors (Lipinski definition) is 2. The number of aldehydes is 1. The fraction of sp³-hybridized carbons (Fsp3) is 0.333. The van der Waals surface area contributed by atoms with Gasteiger partial charge in [0.15, 0.2) is 0 Å². The van der Waals surface area contributed by atoms with Gasteiger partial charge < -0.3 is 4.98 Å². The van der Waals surface area contributed by atoms with Gasteiger partial charge in [0.05, 0.1) is 5.69 Å². The number of nitrogens with one attached hydrogen (secondary N) is 2. The van der Waals surface area contributed by atoms with E-state index >= 15 is 0 Å². The Morgan fingerprint density at radius 2 is 2.14 bits per heavy atom. The molecule has 112 valence electrons. The highest BCUT2D eigenvalue weighted by Crippen LogP contribution is 2.38. The third-order valence-corrected chi connectivity index (χ3v) is 4.70. The number of rotatable bonds is 2. The number of hydrogen-bond donors (Lipinski definition) is 2. The van der Waals surface area contributed by atoms with Gasteiger partial charge in [-0.25, -0.2) is 0 Å². The van der Waals surface area contributed by atoms with E-state index in [-0.39, 0.29) is 0 Å². The van der Waals surface area contributed by atoms with E-state index in [2.05, 4.69) is 35.1 Å². The van der Waals surface area contributed by atoms with Crippen LogP contribution in [-0.2, 0) is 12.8 Å². The first-order valence-electron chi connectivity index (χ1n) is 7.70. The summed E-state index contributed by atoms with van der Waals surface area (Å²) >= 11 is 0. The summed E-state index contributed by atoms with van der Waals surface area (Å²) < 4.78 is 0. The zero-order valence-electron chi connectivity index (χ0n) is 12.9. The largest absolute Gasteiger partial charge is 0.353 e. The van der Waals surface area contributed by atoms with E-state index in [1.165, 1.54) is 17.7 Å². The van der Waals surface area contributed by atoms with Crippen molar-refractivity contribution in [1.29, 1.82) is 0 Å². The third-order valence-electron chi connectivity index (χ3n) is 4.70. The molecular weight excluding hydrogens is 274 g/mol. The highest BCUT2D eigenvalue weighted by Gasteiger charge is 2.29. The minimum absolute atomic E-state index is 0.343. The summed E-state index contributed by atoms with van der Waals surface area (Å²) in [4.78, 5) is 14.3. The molecule has 2 heterocycles. The van der Waals surface area contributed by atoms with Crippen LogP contribution in [0.2, 0.25) is 0 Å². The fourth-order valence-corrected chi connectivity index (χ4v) is 3.42. The molecule has 4 nitrogen and oxygen atoms in total. The lowest BCUT2D eigenvalue weighted by Gasteiger charge is -2.28. The molecule has 0 aliphatic heterocycles. The van der Waals surface area contributed by atoms with Crippen LogP contribution in [0.1, 0.15) is 41.9 Å². The molecule has 2 aromatic heterocycles. The van der Waals surface area contributed by atoms with E-state index in [1.54, 1.807) is 0 Å². The molecule has 0 spiro atoms. The van der Waals surface area contributed by atoms with E-state index in [9.17, 15) is 4.79 Å². The van der Waals surface area contributed by atoms with Crippen molar-refractivity contribution >= 4 is 17.2 Å². The Balaban J connectivity index is 1.80. The first-order valence-corrected chi connectivity index (χ1v) is 7.70. The van der Waals surface area contributed by atoms with Gasteiger partial charge >= 0.3 is 0 Å². The zero-order valence-corrected chi connectivity index (χ0v) is 12.9. The summed E-state index contributed by atoms with van der Waals surface area (Å²) in [7, 11) is 0. The molecule has 0 fully saturated rings. The van der Waals surface area contributed by atoms with Crippen LogP contribution < -0.4 is 0 Å². The van der Waals surface area contributed by atoms with E-state index in [1.807, 2.05) is 18.2 Å². The Labute approximate surface area is 128 Å². The minimum Gasteiger partial charge on any atom is -0.353 e. The Kier molecular flexibility index (Phi) is 2.76. The standard InChI is InChI=1S/C18H19N3O/c1-18(2)6-5-13-16(9-18)20-21-17(13)15-8-12-7-11(10-22)3-4-14(12)19-15/h3-4,7-8,10,19H,5-6,9H2,1-2H3,(H,20,21). The first kappa shape index (κ1) is 13.3. The molecule has 3 aromatic rings. The summed E-state index contributed by atoms with van der Waals surface area (Å²) in [6.07, 6.45) is 4.17. The number of H-pyrrole nitrogens is 2. The molecule has 4 heteroatoms. The van der Waals surface area contributed by atoms with Gasteiger partial charge in [0.1, 0.15) is 12.0 Å². The van der Waals surface area contributed by atoms with Gasteiger partial charge in [-0.1, -0.05) is 13.8 Å². The smallest absolute Gasteiger partial charge is 0.150 e. The lowest BCUT2D eigenvalue weighted by molar-refractivity contribution is 0.112. The van der Waals surface area contributed by atoms with E-state index in [4.69, 9.17) is 0 Å². The van der Waals surface area contributed by atoms with Crippen molar-refractivity contribution in [2.24, 2.45) is 5.41 Å². The van der Waals surface area contributed by atoms with Crippen LogP contribution in [0.5, 0.6) is 0 Å². The van der Waals surface area contributed by atoms with Crippen LogP contribution in [0.4, 0.5) is 0 Å². The third kappa shape index (κ3) is 2.06. The predicted octanol–water partition coefficient (Wildman–Crippen LogP) is 3.89. The van der Waals surface area contributed by atoms with Gasteiger partial charge in [0.25, 0.3) is 0 Å². The summed E-state index contributed by atoms with van der Waals surface area (Å²) in [5, 5.41) is 8.82. The maximum Gasteiger partial charge on any atom is 0.150 e. The molecule has 0 atom stereocenters. The fourth-order valence-electron chi connectivity index (χ4n) is 3.42. The molecule has 0 radical (unpaired) electrons. The number of carbonyl (C=O) groups excluding carboxylic acids is 1. The number of carbonyl (C=O) groups is 1. The van der Waals surface area contributed by atoms with Crippen LogP contribution in [0.25, 0.3) is 22.3 Å². The summed E-state index contributed by atoms with van der Waals surface area (Å²) in [5.74, 6) is 0. The van der Waals surface area contributed by atoms with Crippen molar-refractivity contribution in [2.75, 3.05) is 0 Å². The number of aromatic amines is 2. The highest BCUT2D eigenvalue weighted by molar-refractivity contribution is 5.90. The molecule has 1 aromatic carbocycles. The maximum atomic E-state index is 10.9. The van der Waals surface area contributed by atoms with Crippen LogP contribution >= 0.6 is 0 Å². The molecule has 2 N–H and O–H groups in total. The molecule has 0 bridgehead atoms. The molecule has 0 unspecified atom stereocenters. The molecular formula is C18H19N3O. The zero-order chi connectivity index (χ0) is 15.3. The van der Waals surface area contributed by atoms with E-state index < -0.39 is 0 Å². The van der Waals surface area contributed by atoms with Crippen LogP contribution in [0.3, 0.4) is 0 Å². The SMILES string of the molecule is CC1(C)CCc2c(-c3cc4cc(C=O)ccc4[nH]3)n[nH]c2C1. The van der Waals surface area contributed by atoms with Gasteiger partial charge in [-0.15, -0.1) is 0 Å². The summed E-state index contributed by atoms with van der Waals surface area (Å²) in [5.41, 5.74) is 6.72. The molecule has 0 amide bonds. The monoisotopic (exact) mass is 293 g/mol. The lowest BCUT2D eigenvalue weighted by atomic mass is 9.76. The molecule has 22 heavy (non-hydrogen) atoms. The summed E-state index contributed by atoms with van der Waals surface area (Å²) in [6, 6.07) is 7.77. The molecule has 4 rings (SSSR count). The van der Waals surface area contributed by atoms with Crippen molar-refractivity contribution in [1.82, 2.24) is 15.2 Å². The number of fused-ring (bicyclic) bond motifs is 2. The Morgan fingerprint density at radius 1 is 1.27 bits per heavy atom. The quantitative estimate of drug-likeness (QED) is 0.704. The highest BCUT2D eigenvalue weighted by atomic mass is 16.1. The second-order valence-corrected chi connectivity index (χ2v) is 7.02. The van der Waals surface area contributed by atoms with Gasteiger partial charge in [0, 0.05) is 27.7 Å². The van der Waals surface area contributed by atoms with Crippen LogP contribution in [-0.4, -0.2) is 21.5 Å². The minimum atomic E-state index is 0.343. The van der Waals surface area contributed by atoms with Gasteiger partial charge in [-0.3, -0.25) is 9.89 Å². The second-order valence-electron chi connectivity index (χ2n) is 7.02. The van der Waals surface area contributed by atoms with E-state index in [0.717, 1.165) is 41.4 Å². The van der Waals surface area contributed by atoms with Gasteiger partial charge in [-0.05, 0) is 48.9 Å². The normalized spacial score (nSPS) is 16.6. The number of nitrogens with zero attached hydrogens (tertiary/aromatic N) is 1. The average Bonchev–Trinajstić information content (AvgIpc) is 3.07. The van der Waals surface area contributed by atoms with Gasteiger partial charge in [-0.2, -0.15) is 5.10 Å². The van der Waals surface area contributed by atoms with Crippen molar-refractivity contribution < 1.29 is 4.79 Å². The number of aromatic nitrogens is 3. The number of benzene rings is 1. The Bertz CT molecular complexity index is 870. The van der Waals surface area contributed by atoms with Crippen molar-refractivity contribution in [3.8, 4) is 11.4 Å². The predicted molar refractivity (Wildman–Crippen MR) is 87.1 cm³/mol. The molecule has 1 aliphatic carbocycles. The van der Waals surface area contributed by atoms with E-state index in [0.29, 0.717) is 11.0 Å². The summed E-state index contributed by atoms with van der Waals surface area (Å²) in [6.45, 7) is 4.61. The topological polar surface area (TPSA) is 61.5 Å². The molecule has 0 saturated heterocycles. The second kappa shape index (κ2) is 4.57. The van der Waals surface area contributed by atoms with Crippen molar-refractivity contribution in [3.05, 3.63) is 41.1 Å². The first-order chi connectivity index (χ1) is 10.6. The average molecular weight is 293 g/mol. The van der Waals surface area contributed by atoms with Gasteiger partial charge in [0.2, 0.25) is 0 Å². The lowest BCUT2D eigenvalue weighted by Crippen LogP contribution is -2.21. The maximum absolute atomic E-state index is 10.9. The van der Waals surface area contributed by atoms with Crippen molar-refractivity contribution in [3.63, 3.8) is 0 Å². The van der Waals surface area contributed by atoms with Crippen LogP contribution in [0.15, 0.2) is 24.3 Å².